The molecule has 0 aromatic heterocycles. The smallest absolute Gasteiger partial charge is 0.250 e. The van der Waals surface area contributed by atoms with Gasteiger partial charge in [0.25, 0.3) is 5.91 Å². The summed E-state index contributed by atoms with van der Waals surface area (Å²) in [6, 6.07) is 19.8. The second-order valence-corrected chi connectivity index (χ2v) is 10.2. The van der Waals surface area contributed by atoms with Crippen LogP contribution in [0.25, 0.3) is 0 Å². The number of anilines is 1. The van der Waals surface area contributed by atoms with Crippen molar-refractivity contribution in [1.82, 2.24) is 14.7 Å². The Morgan fingerprint density at radius 1 is 0.971 bits per heavy atom. The lowest BCUT2D eigenvalue weighted by atomic mass is 9.85. The third-order valence-electron chi connectivity index (χ3n) is 7.12. The van der Waals surface area contributed by atoms with Gasteiger partial charge >= 0.3 is 0 Å². The lowest BCUT2D eigenvalue weighted by molar-refractivity contribution is -0.142. The minimum Gasteiger partial charge on any atom is -0.342 e. The van der Waals surface area contributed by atoms with Crippen LogP contribution in [-0.2, 0) is 20.9 Å². The fraction of sp³-hybridized carbons (Fsp3) is 0.464. The second-order valence-electron chi connectivity index (χ2n) is 10.2. The van der Waals surface area contributed by atoms with Crippen LogP contribution in [0.15, 0.2) is 60.7 Å². The summed E-state index contributed by atoms with van der Waals surface area (Å²) in [6.45, 7) is 6.11. The van der Waals surface area contributed by atoms with E-state index in [9.17, 15) is 14.4 Å². The molecule has 2 heterocycles. The summed E-state index contributed by atoms with van der Waals surface area (Å²) < 4.78 is 0. The van der Waals surface area contributed by atoms with Crippen molar-refractivity contribution in [3.8, 4) is 0 Å². The van der Waals surface area contributed by atoms with Gasteiger partial charge in [-0.05, 0) is 36.5 Å². The van der Waals surface area contributed by atoms with Crippen LogP contribution in [0.3, 0.4) is 0 Å². The van der Waals surface area contributed by atoms with Crippen molar-refractivity contribution in [2.45, 2.75) is 45.2 Å². The van der Waals surface area contributed by atoms with E-state index in [2.05, 4.69) is 4.90 Å². The number of rotatable bonds is 7. The third-order valence-corrected chi connectivity index (χ3v) is 7.12. The number of para-hydroxylation sites is 1. The molecule has 1 spiro atoms. The maximum atomic E-state index is 13.8. The zero-order valence-corrected chi connectivity index (χ0v) is 21.0. The Balaban J connectivity index is 1.49. The van der Waals surface area contributed by atoms with E-state index in [-0.39, 0.29) is 24.3 Å². The molecule has 7 heteroatoms. The SMILES string of the molecule is CC(C)CC(=O)N1CCC2(CC1)C(=O)N(CC(=O)N(C)Cc1ccccc1)CN2c1ccccc1. The number of amides is 3. The highest BCUT2D eigenvalue weighted by Crippen LogP contribution is 2.39. The van der Waals surface area contributed by atoms with Crippen molar-refractivity contribution in [2.75, 3.05) is 38.3 Å². The van der Waals surface area contributed by atoms with E-state index >= 15 is 0 Å². The quantitative estimate of drug-likeness (QED) is 0.615. The minimum absolute atomic E-state index is 0.0150. The van der Waals surface area contributed by atoms with Gasteiger partial charge in [0, 0.05) is 38.8 Å². The molecular weight excluding hydrogens is 440 g/mol. The average Bonchev–Trinajstić information content (AvgIpc) is 3.11. The fourth-order valence-electron chi connectivity index (χ4n) is 5.16. The zero-order chi connectivity index (χ0) is 25.0. The van der Waals surface area contributed by atoms with E-state index in [1.807, 2.05) is 79.4 Å². The van der Waals surface area contributed by atoms with Crippen molar-refractivity contribution >= 4 is 23.4 Å². The van der Waals surface area contributed by atoms with Crippen LogP contribution in [0, 0.1) is 5.92 Å². The monoisotopic (exact) mass is 476 g/mol. The topological polar surface area (TPSA) is 64.2 Å². The first-order valence-electron chi connectivity index (χ1n) is 12.5. The van der Waals surface area contributed by atoms with Gasteiger partial charge < -0.3 is 19.6 Å². The number of nitrogens with zero attached hydrogens (tertiary/aromatic N) is 4. The Labute approximate surface area is 208 Å². The maximum Gasteiger partial charge on any atom is 0.250 e. The molecule has 0 atom stereocenters. The van der Waals surface area contributed by atoms with Crippen molar-refractivity contribution in [3.63, 3.8) is 0 Å². The number of likely N-dealkylation sites (tertiary alicyclic amines) is 1. The molecule has 0 saturated carbocycles. The molecule has 3 amide bonds. The van der Waals surface area contributed by atoms with E-state index in [4.69, 9.17) is 0 Å². The molecule has 2 fully saturated rings. The van der Waals surface area contributed by atoms with Gasteiger partial charge in [-0.3, -0.25) is 14.4 Å². The summed E-state index contributed by atoms with van der Waals surface area (Å²) in [6.07, 6.45) is 1.65. The number of carbonyl (C=O) groups is 3. The summed E-state index contributed by atoms with van der Waals surface area (Å²) in [4.78, 5) is 47.0. The highest BCUT2D eigenvalue weighted by Gasteiger charge is 2.54. The van der Waals surface area contributed by atoms with Gasteiger partial charge in [0.15, 0.2) is 0 Å². The number of hydrogen-bond acceptors (Lipinski definition) is 4. The van der Waals surface area contributed by atoms with Gasteiger partial charge in [0.1, 0.15) is 12.1 Å². The van der Waals surface area contributed by atoms with E-state index in [1.165, 1.54) is 0 Å². The van der Waals surface area contributed by atoms with Crippen LogP contribution >= 0.6 is 0 Å². The summed E-state index contributed by atoms with van der Waals surface area (Å²) in [7, 11) is 1.78. The number of piperidine rings is 1. The first-order valence-corrected chi connectivity index (χ1v) is 12.5. The molecule has 0 N–H and O–H groups in total. The predicted molar refractivity (Wildman–Crippen MR) is 136 cm³/mol. The second kappa shape index (κ2) is 10.5. The molecule has 2 saturated heterocycles. The molecule has 4 rings (SSSR count). The minimum atomic E-state index is -0.728. The predicted octanol–water partition coefficient (Wildman–Crippen LogP) is 3.36. The molecule has 35 heavy (non-hydrogen) atoms. The van der Waals surface area contributed by atoms with E-state index in [0.29, 0.717) is 51.5 Å². The summed E-state index contributed by atoms with van der Waals surface area (Å²) in [5, 5.41) is 0. The molecule has 0 aliphatic carbocycles. The van der Waals surface area contributed by atoms with Gasteiger partial charge in [-0.15, -0.1) is 0 Å². The lowest BCUT2D eigenvalue weighted by Crippen LogP contribution is -2.57. The molecule has 0 unspecified atom stereocenters. The standard InChI is InChI=1S/C28H36N4O3/c1-22(2)18-25(33)30-16-14-28(15-17-30)27(35)31(21-32(28)24-12-8-5-9-13-24)20-26(34)29(3)19-23-10-6-4-7-11-23/h4-13,22H,14-21H2,1-3H3. The summed E-state index contributed by atoms with van der Waals surface area (Å²) in [5.41, 5.74) is 1.29. The first kappa shape index (κ1) is 24.8. The fourth-order valence-corrected chi connectivity index (χ4v) is 5.16. The molecule has 0 bridgehead atoms. The van der Waals surface area contributed by atoms with Gasteiger partial charge in [-0.25, -0.2) is 0 Å². The summed E-state index contributed by atoms with van der Waals surface area (Å²) >= 11 is 0. The molecule has 186 valence electrons. The van der Waals surface area contributed by atoms with Gasteiger partial charge in [0.2, 0.25) is 11.8 Å². The number of likely N-dealkylation sites (N-methyl/N-ethyl adjacent to an activating group) is 1. The van der Waals surface area contributed by atoms with Crippen LogP contribution in [-0.4, -0.2) is 71.3 Å². The Hall–Kier alpha value is -3.35. The van der Waals surface area contributed by atoms with Crippen molar-refractivity contribution in [3.05, 3.63) is 66.2 Å². The largest absolute Gasteiger partial charge is 0.342 e. The molecule has 7 nitrogen and oxygen atoms in total. The molecular formula is C28H36N4O3. The first-order chi connectivity index (χ1) is 16.8. The number of carbonyl (C=O) groups excluding carboxylic acids is 3. The zero-order valence-electron chi connectivity index (χ0n) is 21.0. The number of hydrogen-bond donors (Lipinski definition) is 0. The van der Waals surface area contributed by atoms with E-state index in [1.54, 1.807) is 16.8 Å². The van der Waals surface area contributed by atoms with Gasteiger partial charge in [-0.2, -0.15) is 0 Å². The third kappa shape index (κ3) is 5.34. The Bertz CT molecular complexity index is 1030. The van der Waals surface area contributed by atoms with Crippen LogP contribution in [0.4, 0.5) is 5.69 Å². The molecule has 2 aliphatic rings. The van der Waals surface area contributed by atoms with Crippen LogP contribution < -0.4 is 4.90 Å². The molecule has 2 aromatic rings. The van der Waals surface area contributed by atoms with E-state index in [0.717, 1.165) is 11.3 Å². The van der Waals surface area contributed by atoms with Gasteiger partial charge in [0.05, 0.1) is 6.67 Å². The highest BCUT2D eigenvalue weighted by molar-refractivity contribution is 5.96. The number of benzene rings is 2. The Morgan fingerprint density at radius 2 is 1.57 bits per heavy atom. The highest BCUT2D eigenvalue weighted by atomic mass is 16.2. The molecule has 2 aromatic carbocycles. The van der Waals surface area contributed by atoms with Crippen molar-refractivity contribution in [1.29, 1.82) is 0 Å². The average molecular weight is 477 g/mol. The lowest BCUT2D eigenvalue weighted by Gasteiger charge is -2.43. The summed E-state index contributed by atoms with van der Waals surface area (Å²) in [5.74, 6) is 0.360. The van der Waals surface area contributed by atoms with E-state index < -0.39 is 5.54 Å². The Morgan fingerprint density at radius 3 is 2.17 bits per heavy atom. The van der Waals surface area contributed by atoms with Crippen LogP contribution in [0.5, 0.6) is 0 Å². The van der Waals surface area contributed by atoms with Crippen molar-refractivity contribution < 1.29 is 14.4 Å². The van der Waals surface area contributed by atoms with Crippen LogP contribution in [0.1, 0.15) is 38.7 Å². The molecule has 0 radical (unpaired) electrons. The van der Waals surface area contributed by atoms with Crippen LogP contribution in [0.2, 0.25) is 0 Å². The molecule has 2 aliphatic heterocycles. The van der Waals surface area contributed by atoms with Gasteiger partial charge in [-0.1, -0.05) is 62.4 Å². The Kier molecular flexibility index (Phi) is 7.43. The van der Waals surface area contributed by atoms with Crippen molar-refractivity contribution in [2.24, 2.45) is 5.92 Å². The maximum absolute atomic E-state index is 13.8. The normalized spacial score (nSPS) is 17.4.